The van der Waals surface area contributed by atoms with Gasteiger partial charge >= 0.3 is 5.97 Å². The van der Waals surface area contributed by atoms with Crippen molar-refractivity contribution in [3.8, 4) is 0 Å². The number of nitrogens with one attached hydrogen (secondary N) is 1. The highest BCUT2D eigenvalue weighted by atomic mass is 16.5. The molecule has 0 aliphatic carbocycles. The summed E-state index contributed by atoms with van der Waals surface area (Å²) in [6, 6.07) is 0. The third kappa shape index (κ3) is 4.48. The average molecular weight is 264 g/mol. The first-order chi connectivity index (χ1) is 9.28. The number of aromatic nitrogens is 3. The van der Waals surface area contributed by atoms with E-state index in [0.29, 0.717) is 19.6 Å². The van der Waals surface area contributed by atoms with Crippen LogP contribution in [-0.2, 0) is 16.1 Å². The summed E-state index contributed by atoms with van der Waals surface area (Å²) < 4.78 is 4.86. The smallest absolute Gasteiger partial charge is 0.307 e. The van der Waals surface area contributed by atoms with Gasteiger partial charge in [-0.05, 0) is 32.4 Å². The van der Waals surface area contributed by atoms with Crippen LogP contribution in [0.25, 0.3) is 6.08 Å². The first kappa shape index (κ1) is 13.7. The highest BCUT2D eigenvalue weighted by Gasteiger charge is 2.07. The van der Waals surface area contributed by atoms with Crippen molar-refractivity contribution in [3.05, 3.63) is 17.5 Å². The van der Waals surface area contributed by atoms with Crippen molar-refractivity contribution < 1.29 is 9.53 Å². The van der Waals surface area contributed by atoms with E-state index in [1.165, 1.54) is 12.0 Å². The van der Waals surface area contributed by atoms with Gasteiger partial charge in [0.1, 0.15) is 5.69 Å². The zero-order valence-corrected chi connectivity index (χ0v) is 11.3. The van der Waals surface area contributed by atoms with E-state index < -0.39 is 0 Å². The normalized spacial score (nSPS) is 17.6. The molecule has 0 atom stereocenters. The Morgan fingerprint density at radius 2 is 2.53 bits per heavy atom. The molecule has 1 saturated heterocycles. The van der Waals surface area contributed by atoms with Gasteiger partial charge < -0.3 is 10.1 Å². The number of carbonyl (C=O) groups excluding carboxylic acids is 1. The second-order valence-electron chi connectivity index (χ2n) is 4.50. The quantitative estimate of drug-likeness (QED) is 0.803. The number of piperidine rings is 1. The summed E-state index contributed by atoms with van der Waals surface area (Å²) in [7, 11) is 0. The molecule has 6 heteroatoms. The lowest BCUT2D eigenvalue weighted by Crippen LogP contribution is -2.23. The van der Waals surface area contributed by atoms with Crippen LogP contribution in [0.15, 0.2) is 11.8 Å². The van der Waals surface area contributed by atoms with Crippen LogP contribution in [0.3, 0.4) is 0 Å². The lowest BCUT2D eigenvalue weighted by Gasteiger charge is -2.14. The monoisotopic (exact) mass is 264 g/mol. The van der Waals surface area contributed by atoms with Crippen molar-refractivity contribution >= 4 is 12.0 Å². The van der Waals surface area contributed by atoms with Gasteiger partial charge in [-0.25, -0.2) is 0 Å². The number of esters is 1. The van der Waals surface area contributed by atoms with Crippen molar-refractivity contribution in [1.29, 1.82) is 0 Å². The fourth-order valence-corrected chi connectivity index (χ4v) is 2.02. The van der Waals surface area contributed by atoms with Crippen LogP contribution in [0.5, 0.6) is 0 Å². The minimum atomic E-state index is -0.212. The third-order valence-corrected chi connectivity index (χ3v) is 2.93. The van der Waals surface area contributed by atoms with Gasteiger partial charge in [-0.3, -0.25) is 4.79 Å². The molecule has 0 bridgehead atoms. The number of hydrogen-bond acceptors (Lipinski definition) is 5. The maximum Gasteiger partial charge on any atom is 0.307 e. The van der Waals surface area contributed by atoms with E-state index in [1.54, 1.807) is 17.9 Å². The van der Waals surface area contributed by atoms with Gasteiger partial charge in [-0.15, -0.1) is 0 Å². The van der Waals surface area contributed by atoms with E-state index in [-0.39, 0.29) is 5.97 Å². The summed E-state index contributed by atoms with van der Waals surface area (Å²) in [5.41, 5.74) is 2.20. The molecule has 0 radical (unpaired) electrons. The predicted molar refractivity (Wildman–Crippen MR) is 71.4 cm³/mol. The summed E-state index contributed by atoms with van der Waals surface area (Å²) in [5, 5.41) is 11.8. The Morgan fingerprint density at radius 3 is 3.26 bits per heavy atom. The van der Waals surface area contributed by atoms with E-state index in [1.807, 2.05) is 0 Å². The summed E-state index contributed by atoms with van der Waals surface area (Å²) in [6.45, 7) is 4.68. The van der Waals surface area contributed by atoms with Crippen LogP contribution < -0.4 is 5.32 Å². The van der Waals surface area contributed by atoms with E-state index in [4.69, 9.17) is 4.74 Å². The number of rotatable bonds is 5. The number of aryl methyl sites for hydroxylation is 1. The number of ether oxygens (including phenoxy) is 1. The first-order valence-electron chi connectivity index (χ1n) is 6.74. The van der Waals surface area contributed by atoms with Gasteiger partial charge in [0.25, 0.3) is 0 Å². The van der Waals surface area contributed by atoms with Crippen molar-refractivity contribution in [2.75, 3.05) is 19.7 Å². The second-order valence-corrected chi connectivity index (χ2v) is 4.50. The van der Waals surface area contributed by atoms with Gasteiger partial charge in [-0.1, -0.05) is 5.57 Å². The molecule has 0 amide bonds. The van der Waals surface area contributed by atoms with Crippen LogP contribution in [0.1, 0.15) is 31.9 Å². The second kappa shape index (κ2) is 7.04. The Bertz CT molecular complexity index is 445. The van der Waals surface area contributed by atoms with Gasteiger partial charge in [0.15, 0.2) is 0 Å². The van der Waals surface area contributed by atoms with E-state index in [2.05, 4.69) is 21.6 Å². The molecule has 6 nitrogen and oxygen atoms in total. The van der Waals surface area contributed by atoms with Crippen molar-refractivity contribution in [2.45, 2.75) is 32.7 Å². The van der Waals surface area contributed by atoms with Gasteiger partial charge in [0.2, 0.25) is 0 Å². The average Bonchev–Trinajstić information content (AvgIpc) is 2.86. The Morgan fingerprint density at radius 1 is 1.63 bits per heavy atom. The Hall–Kier alpha value is -1.69. The van der Waals surface area contributed by atoms with Gasteiger partial charge in [-0.2, -0.15) is 15.0 Å². The topological polar surface area (TPSA) is 69.0 Å². The molecule has 1 aliphatic heterocycles. The summed E-state index contributed by atoms with van der Waals surface area (Å²) >= 11 is 0. The minimum absolute atomic E-state index is 0.212. The van der Waals surface area contributed by atoms with Gasteiger partial charge in [0.05, 0.1) is 25.8 Å². The summed E-state index contributed by atoms with van der Waals surface area (Å²) in [6.07, 6.45) is 6.39. The molecule has 1 fully saturated rings. The molecule has 2 heterocycles. The molecule has 1 aromatic heterocycles. The molecule has 1 aromatic rings. The number of nitrogens with zero attached hydrogens (tertiary/aromatic N) is 3. The molecule has 1 aliphatic rings. The lowest BCUT2D eigenvalue weighted by atomic mass is 10.1. The van der Waals surface area contributed by atoms with Crippen LogP contribution in [-0.4, -0.2) is 40.7 Å². The highest BCUT2D eigenvalue weighted by molar-refractivity contribution is 5.69. The number of hydrogen-bond donors (Lipinski definition) is 1. The standard InChI is InChI=1S/C13H20N4O2/c1-2-19-13(18)5-7-17-15-10-12(16-17)8-11-4-3-6-14-9-11/h8,10,14H,2-7,9H2,1H3. The van der Waals surface area contributed by atoms with E-state index >= 15 is 0 Å². The van der Waals surface area contributed by atoms with E-state index in [9.17, 15) is 4.79 Å². The fourth-order valence-electron chi connectivity index (χ4n) is 2.02. The number of carbonyl (C=O) groups is 1. The van der Waals surface area contributed by atoms with Crippen molar-refractivity contribution in [3.63, 3.8) is 0 Å². The van der Waals surface area contributed by atoms with Crippen LogP contribution in [0.2, 0.25) is 0 Å². The van der Waals surface area contributed by atoms with Crippen LogP contribution in [0.4, 0.5) is 0 Å². The Kier molecular flexibility index (Phi) is 5.09. The molecule has 0 aromatic carbocycles. The van der Waals surface area contributed by atoms with Gasteiger partial charge in [0, 0.05) is 6.54 Å². The maximum absolute atomic E-state index is 11.2. The molecule has 0 spiro atoms. The Balaban J connectivity index is 1.86. The zero-order chi connectivity index (χ0) is 13.5. The van der Waals surface area contributed by atoms with Crippen molar-refractivity contribution in [2.24, 2.45) is 0 Å². The van der Waals surface area contributed by atoms with Crippen LogP contribution in [0, 0.1) is 0 Å². The zero-order valence-electron chi connectivity index (χ0n) is 11.3. The highest BCUT2D eigenvalue weighted by Crippen LogP contribution is 2.11. The summed E-state index contributed by atoms with van der Waals surface area (Å²) in [5.74, 6) is -0.212. The first-order valence-corrected chi connectivity index (χ1v) is 6.74. The van der Waals surface area contributed by atoms with Crippen molar-refractivity contribution in [1.82, 2.24) is 20.3 Å². The third-order valence-electron chi connectivity index (χ3n) is 2.93. The van der Waals surface area contributed by atoms with E-state index in [0.717, 1.165) is 25.2 Å². The Labute approximate surface area is 112 Å². The SMILES string of the molecule is CCOC(=O)CCn1ncc(C=C2CCCNC2)n1. The molecule has 104 valence electrons. The predicted octanol–water partition coefficient (Wildman–Crippen LogP) is 0.998. The molecule has 1 N–H and O–H groups in total. The van der Waals surface area contributed by atoms with Crippen LogP contribution >= 0.6 is 0 Å². The molecular weight excluding hydrogens is 244 g/mol. The molecular formula is C13H20N4O2. The molecule has 19 heavy (non-hydrogen) atoms. The molecule has 0 unspecified atom stereocenters. The minimum Gasteiger partial charge on any atom is -0.466 e. The molecule has 0 saturated carbocycles. The summed E-state index contributed by atoms with van der Waals surface area (Å²) in [4.78, 5) is 12.8. The fraction of sp³-hybridized carbons (Fsp3) is 0.615. The largest absolute Gasteiger partial charge is 0.466 e. The lowest BCUT2D eigenvalue weighted by molar-refractivity contribution is -0.143. The molecule has 2 rings (SSSR count). The maximum atomic E-state index is 11.2.